The number of amides is 2. The van der Waals surface area contributed by atoms with E-state index in [0.29, 0.717) is 46.2 Å². The van der Waals surface area contributed by atoms with Crippen LogP contribution in [0.3, 0.4) is 0 Å². The topological polar surface area (TPSA) is 158 Å². The van der Waals surface area contributed by atoms with E-state index in [1.807, 2.05) is 0 Å². The van der Waals surface area contributed by atoms with Crippen LogP contribution in [0.25, 0.3) is 10.8 Å². The highest BCUT2D eigenvalue weighted by Crippen LogP contribution is 2.36. The van der Waals surface area contributed by atoms with Gasteiger partial charge in [0.15, 0.2) is 9.84 Å². The standard InChI is InChI=1S/C32H32N4O7S/c1-18-13-20-4-9-25(18)27(37)17-43-32(40)35-22-6-10-28(44(41,42)24-7-8-24)21(14-22)16-36(2)31(39)29(20)34-23-5-3-19-11-12-33-30(38)26(19)15-23/h3-6,9-15,24,27,29,34,37H,7-8,16-17H2,1-2H3,(H,33,38)(H,35,40)/t27-,29+/m0/s1. The molecule has 228 valence electrons. The van der Waals surface area contributed by atoms with E-state index >= 15 is 0 Å². The van der Waals surface area contributed by atoms with Crippen LogP contribution in [0.5, 0.6) is 0 Å². The highest BCUT2D eigenvalue weighted by atomic mass is 32.2. The number of nitrogens with one attached hydrogen (secondary N) is 3. The number of rotatable bonds is 4. The number of aromatic amines is 1. The molecular weight excluding hydrogens is 584 g/mol. The van der Waals surface area contributed by atoms with Gasteiger partial charge in [0.1, 0.15) is 18.8 Å². The van der Waals surface area contributed by atoms with Gasteiger partial charge in [-0.2, -0.15) is 0 Å². The van der Waals surface area contributed by atoms with Crippen molar-refractivity contribution in [2.45, 2.75) is 48.6 Å². The maximum atomic E-state index is 14.2. The lowest BCUT2D eigenvalue weighted by atomic mass is 9.96. The summed E-state index contributed by atoms with van der Waals surface area (Å²) in [6, 6.07) is 15.7. The molecule has 2 atom stereocenters. The minimum Gasteiger partial charge on any atom is -0.446 e. The summed E-state index contributed by atoms with van der Waals surface area (Å²) in [4.78, 5) is 43.4. The zero-order chi connectivity index (χ0) is 31.2. The van der Waals surface area contributed by atoms with E-state index in [4.69, 9.17) is 4.74 Å². The summed E-state index contributed by atoms with van der Waals surface area (Å²) in [5.74, 6) is -0.362. The van der Waals surface area contributed by atoms with Gasteiger partial charge in [-0.1, -0.05) is 24.3 Å². The molecule has 0 unspecified atom stereocenters. The molecule has 4 aromatic rings. The van der Waals surface area contributed by atoms with Crippen molar-refractivity contribution in [1.82, 2.24) is 9.88 Å². The quantitative estimate of drug-likeness (QED) is 0.266. The molecule has 2 aliphatic heterocycles. The molecule has 3 aliphatic rings. The monoisotopic (exact) mass is 616 g/mol. The number of fused-ring (bicyclic) bond motifs is 10. The first-order valence-corrected chi connectivity index (χ1v) is 15.8. The zero-order valence-corrected chi connectivity index (χ0v) is 25.0. The number of aliphatic hydroxyl groups excluding tert-OH is 1. The fourth-order valence-electron chi connectivity index (χ4n) is 5.55. The van der Waals surface area contributed by atoms with E-state index in [0.717, 1.165) is 5.39 Å². The Hall–Kier alpha value is -4.68. The Morgan fingerprint density at radius 2 is 1.80 bits per heavy atom. The van der Waals surface area contributed by atoms with Gasteiger partial charge in [0, 0.05) is 36.6 Å². The van der Waals surface area contributed by atoms with Crippen LogP contribution in [-0.2, 0) is 25.9 Å². The molecule has 1 aromatic heterocycles. The first-order valence-electron chi connectivity index (χ1n) is 14.2. The van der Waals surface area contributed by atoms with Gasteiger partial charge in [-0.3, -0.25) is 14.9 Å². The average molecular weight is 617 g/mol. The number of sulfone groups is 1. The summed E-state index contributed by atoms with van der Waals surface area (Å²) in [5.41, 5.74) is 2.70. The Bertz CT molecular complexity index is 1950. The fourth-order valence-corrected chi connectivity index (χ4v) is 7.41. The third-order valence-electron chi connectivity index (χ3n) is 8.05. The first-order chi connectivity index (χ1) is 21.0. The number of H-pyrrole nitrogens is 1. The second-order valence-corrected chi connectivity index (χ2v) is 13.5. The predicted octanol–water partition coefficient (Wildman–Crippen LogP) is 4.18. The van der Waals surface area contributed by atoms with Crippen molar-refractivity contribution in [3.05, 3.63) is 99.5 Å². The van der Waals surface area contributed by atoms with Gasteiger partial charge in [0.25, 0.3) is 5.56 Å². The van der Waals surface area contributed by atoms with Crippen molar-refractivity contribution >= 4 is 44.0 Å². The van der Waals surface area contributed by atoms with Crippen LogP contribution in [0.1, 0.15) is 47.2 Å². The van der Waals surface area contributed by atoms with E-state index in [-0.39, 0.29) is 35.2 Å². The third kappa shape index (κ3) is 5.78. The summed E-state index contributed by atoms with van der Waals surface area (Å²) >= 11 is 0. The van der Waals surface area contributed by atoms with E-state index in [2.05, 4.69) is 15.6 Å². The van der Waals surface area contributed by atoms with E-state index in [1.54, 1.807) is 62.6 Å². The SMILES string of the molecule is Cc1cc2ccc1[C@@H](O)COC(=O)Nc1ccc(S(=O)(=O)C3CC3)c(c1)CN(C)C(=O)[C@@H]2Nc1ccc2cc[nH]c(=O)c2c1. The maximum absolute atomic E-state index is 14.2. The summed E-state index contributed by atoms with van der Waals surface area (Å²) in [7, 11) is -2.06. The van der Waals surface area contributed by atoms with Crippen LogP contribution in [0, 0.1) is 6.92 Å². The minimum atomic E-state index is -3.64. The molecule has 0 saturated heterocycles. The highest BCUT2D eigenvalue weighted by Gasteiger charge is 2.38. The highest BCUT2D eigenvalue weighted by molar-refractivity contribution is 7.92. The van der Waals surface area contributed by atoms with Crippen molar-refractivity contribution in [2.75, 3.05) is 24.3 Å². The van der Waals surface area contributed by atoms with Gasteiger partial charge in [-0.05, 0) is 83.8 Å². The second kappa shape index (κ2) is 11.4. The van der Waals surface area contributed by atoms with Gasteiger partial charge in [-0.25, -0.2) is 13.2 Å². The number of ether oxygens (including phenoxy) is 1. The molecule has 1 aliphatic carbocycles. The number of likely N-dealkylation sites (N-methyl/N-ethyl adjacent to an activating group) is 1. The molecule has 1 fully saturated rings. The molecule has 11 nitrogen and oxygen atoms in total. The lowest BCUT2D eigenvalue weighted by Gasteiger charge is -2.28. The molecule has 44 heavy (non-hydrogen) atoms. The van der Waals surface area contributed by atoms with E-state index in [9.17, 15) is 27.9 Å². The molecule has 4 bridgehead atoms. The summed E-state index contributed by atoms with van der Waals surface area (Å²) in [6.45, 7) is 1.41. The number of aromatic nitrogens is 1. The number of nitrogens with zero attached hydrogens (tertiary/aromatic N) is 1. The number of aliphatic hydroxyl groups is 1. The zero-order valence-electron chi connectivity index (χ0n) is 24.2. The number of carbonyl (C=O) groups is 2. The van der Waals surface area contributed by atoms with Crippen LogP contribution in [0.2, 0.25) is 0 Å². The Labute approximate surface area is 253 Å². The maximum Gasteiger partial charge on any atom is 0.411 e. The molecule has 3 heterocycles. The Morgan fingerprint density at radius 1 is 1.00 bits per heavy atom. The molecule has 2 amide bonds. The molecule has 12 heteroatoms. The largest absolute Gasteiger partial charge is 0.446 e. The van der Waals surface area contributed by atoms with Crippen LogP contribution < -0.4 is 16.2 Å². The number of hydrogen-bond acceptors (Lipinski definition) is 8. The van der Waals surface area contributed by atoms with E-state index < -0.39 is 33.3 Å². The van der Waals surface area contributed by atoms with E-state index in [1.165, 1.54) is 23.1 Å². The Balaban J connectivity index is 1.44. The minimum absolute atomic E-state index is 0.0595. The van der Waals surface area contributed by atoms with Crippen molar-refractivity contribution in [3.63, 3.8) is 0 Å². The van der Waals surface area contributed by atoms with Crippen LogP contribution in [0.15, 0.2) is 76.6 Å². The number of pyridine rings is 1. The fraction of sp³-hybridized carbons (Fsp3) is 0.281. The predicted molar refractivity (Wildman–Crippen MR) is 165 cm³/mol. The van der Waals surface area contributed by atoms with Gasteiger partial charge in [-0.15, -0.1) is 0 Å². The molecule has 0 spiro atoms. The summed E-state index contributed by atoms with van der Waals surface area (Å²) in [6.07, 6.45) is 0.779. The van der Waals surface area contributed by atoms with Crippen LogP contribution in [0.4, 0.5) is 16.2 Å². The number of hydrogen-bond donors (Lipinski definition) is 4. The van der Waals surface area contributed by atoms with Gasteiger partial charge >= 0.3 is 6.09 Å². The lowest BCUT2D eigenvalue weighted by Crippen LogP contribution is -2.35. The molecule has 7 rings (SSSR count). The Kier molecular flexibility index (Phi) is 7.64. The van der Waals surface area contributed by atoms with Crippen molar-refractivity contribution < 1.29 is 27.9 Å². The number of aryl methyl sites for hydroxylation is 1. The first kappa shape index (κ1) is 29.4. The lowest BCUT2D eigenvalue weighted by molar-refractivity contribution is -0.131. The van der Waals surface area contributed by atoms with Gasteiger partial charge in [0.2, 0.25) is 5.91 Å². The molecule has 1 saturated carbocycles. The van der Waals surface area contributed by atoms with Crippen molar-refractivity contribution in [2.24, 2.45) is 0 Å². The summed E-state index contributed by atoms with van der Waals surface area (Å²) in [5, 5.41) is 17.4. The number of benzene rings is 3. The Morgan fingerprint density at radius 3 is 2.55 bits per heavy atom. The third-order valence-corrected chi connectivity index (χ3v) is 10.4. The second-order valence-electron chi connectivity index (χ2n) is 11.3. The van der Waals surface area contributed by atoms with Crippen molar-refractivity contribution in [3.8, 4) is 0 Å². The number of carbonyl (C=O) groups excluding carboxylic acids is 2. The van der Waals surface area contributed by atoms with Crippen molar-refractivity contribution in [1.29, 1.82) is 0 Å². The average Bonchev–Trinajstić information content (AvgIpc) is 3.85. The molecule has 4 N–H and O–H groups in total. The normalized spacial score (nSPS) is 19.5. The number of anilines is 2. The molecule has 0 radical (unpaired) electrons. The van der Waals surface area contributed by atoms with Gasteiger partial charge < -0.3 is 25.0 Å². The molecule has 3 aromatic carbocycles. The van der Waals surface area contributed by atoms with Crippen LogP contribution in [-0.4, -0.2) is 54.3 Å². The van der Waals surface area contributed by atoms with Gasteiger partial charge in [0.05, 0.1) is 10.1 Å². The smallest absolute Gasteiger partial charge is 0.411 e. The summed E-state index contributed by atoms with van der Waals surface area (Å²) < 4.78 is 31.9. The van der Waals surface area contributed by atoms with Crippen LogP contribution >= 0.6 is 0 Å². The molecular formula is C32H32N4O7S.